The molecule has 4 aromatic carbocycles. The van der Waals surface area contributed by atoms with Gasteiger partial charge in [-0.3, -0.25) is 0 Å². The van der Waals surface area contributed by atoms with E-state index in [1.54, 1.807) is 111 Å². The van der Waals surface area contributed by atoms with Crippen LogP contribution in [0, 0.1) is 20.8 Å². The van der Waals surface area contributed by atoms with Crippen LogP contribution in [0.25, 0.3) is 0 Å². The Morgan fingerprint density at radius 1 is 0.763 bits per heavy atom. The highest BCUT2D eigenvalue weighted by molar-refractivity contribution is 7.90. The molecule has 0 amide bonds. The second-order valence-electron chi connectivity index (χ2n) is 9.22. The van der Waals surface area contributed by atoms with Crippen LogP contribution < -0.4 is 13.8 Å². The van der Waals surface area contributed by atoms with E-state index < -0.39 is 22.9 Å². The molecule has 0 saturated heterocycles. The number of aryl methyl sites for hydroxylation is 3. The summed E-state index contributed by atoms with van der Waals surface area (Å²) < 4.78 is 58.0. The summed E-state index contributed by atoms with van der Waals surface area (Å²) in [5, 5.41) is -1.56. The van der Waals surface area contributed by atoms with Gasteiger partial charge in [0.25, 0.3) is 0 Å². The van der Waals surface area contributed by atoms with Crippen molar-refractivity contribution in [2.75, 3.05) is 0 Å². The van der Waals surface area contributed by atoms with Gasteiger partial charge in [-0.2, -0.15) is 4.72 Å². The summed E-state index contributed by atoms with van der Waals surface area (Å²) in [6, 6.07) is 27.1. The van der Waals surface area contributed by atoms with Crippen molar-refractivity contribution in [3.05, 3.63) is 124 Å². The Morgan fingerprint density at radius 2 is 1.26 bits per heavy atom. The third kappa shape index (κ3) is 5.82. The highest BCUT2D eigenvalue weighted by Crippen LogP contribution is 2.63. The summed E-state index contributed by atoms with van der Waals surface area (Å²) in [6.45, 7) is 6.84. The number of nitrogens with one attached hydrogen (secondary N) is 1. The standard InChI is InChI=1S/C29H29ClNO5PS/c1-21-18-22(2)28(23(3)19-21)38(33,34)31-29(4,24-12-11-13-25(30)20-24)37(32,35-26-14-7-5-8-15-26)36-27-16-9-6-10-17-27/h5-20,31H,1-4H3. The molecule has 1 N–H and O–H groups in total. The molecule has 9 heteroatoms. The normalized spacial score (nSPS) is 13.5. The second-order valence-corrected chi connectivity index (χ2v) is 13.5. The molecule has 0 heterocycles. The first-order valence-electron chi connectivity index (χ1n) is 11.9. The summed E-state index contributed by atoms with van der Waals surface area (Å²) in [4.78, 5) is 0.0994. The van der Waals surface area contributed by atoms with E-state index in [2.05, 4.69) is 4.72 Å². The molecule has 1 unspecified atom stereocenters. The first-order chi connectivity index (χ1) is 17.9. The van der Waals surface area contributed by atoms with Crippen LogP contribution >= 0.6 is 19.2 Å². The SMILES string of the molecule is Cc1cc(C)c(S(=O)(=O)NC(C)(c2cccc(Cl)c2)P(=O)(Oc2ccccc2)Oc2ccccc2)c(C)c1. The molecule has 38 heavy (non-hydrogen) atoms. The zero-order valence-corrected chi connectivity index (χ0v) is 24.0. The minimum Gasteiger partial charge on any atom is -0.415 e. The van der Waals surface area contributed by atoms with E-state index in [4.69, 9.17) is 20.6 Å². The number of sulfonamides is 1. The maximum absolute atomic E-state index is 15.0. The van der Waals surface area contributed by atoms with Crippen LogP contribution in [0.2, 0.25) is 5.02 Å². The van der Waals surface area contributed by atoms with Crippen molar-refractivity contribution in [3.8, 4) is 11.5 Å². The summed E-state index contributed by atoms with van der Waals surface area (Å²) in [5.41, 5.74) is 2.37. The number of hydrogen-bond donors (Lipinski definition) is 1. The first-order valence-corrected chi connectivity index (χ1v) is 15.3. The molecule has 198 valence electrons. The van der Waals surface area contributed by atoms with Gasteiger partial charge in [-0.25, -0.2) is 13.0 Å². The van der Waals surface area contributed by atoms with E-state index in [0.29, 0.717) is 21.7 Å². The molecular weight excluding hydrogens is 541 g/mol. The average Bonchev–Trinajstić information content (AvgIpc) is 2.84. The molecule has 1 atom stereocenters. The van der Waals surface area contributed by atoms with Crippen molar-refractivity contribution in [2.45, 2.75) is 37.9 Å². The zero-order chi connectivity index (χ0) is 27.6. The molecule has 4 aromatic rings. The topological polar surface area (TPSA) is 81.7 Å². The maximum atomic E-state index is 15.0. The number of hydrogen-bond acceptors (Lipinski definition) is 5. The van der Waals surface area contributed by atoms with Gasteiger partial charge in [0.05, 0.1) is 4.90 Å². The van der Waals surface area contributed by atoms with E-state index in [1.165, 1.54) is 6.92 Å². The highest BCUT2D eigenvalue weighted by Gasteiger charge is 2.55. The van der Waals surface area contributed by atoms with Crippen molar-refractivity contribution >= 4 is 29.2 Å². The highest BCUT2D eigenvalue weighted by atomic mass is 35.5. The lowest BCUT2D eigenvalue weighted by Crippen LogP contribution is -2.45. The number of rotatable bonds is 9. The van der Waals surface area contributed by atoms with Crippen molar-refractivity contribution in [1.82, 2.24) is 4.72 Å². The Morgan fingerprint density at radius 3 is 1.74 bits per heavy atom. The van der Waals surface area contributed by atoms with Gasteiger partial charge in [0.15, 0.2) is 5.28 Å². The van der Waals surface area contributed by atoms with Crippen molar-refractivity contribution < 1.29 is 22.0 Å². The third-order valence-corrected chi connectivity index (χ3v) is 10.7. The second kappa shape index (κ2) is 11.0. The lowest BCUT2D eigenvalue weighted by molar-refractivity contribution is 0.337. The summed E-state index contributed by atoms with van der Waals surface area (Å²) in [7, 11) is -8.68. The van der Waals surface area contributed by atoms with Gasteiger partial charge in [-0.05, 0) is 80.8 Å². The number of halogens is 1. The molecular formula is C29H29ClNO5PS. The van der Waals surface area contributed by atoms with E-state index in [9.17, 15) is 8.42 Å². The number of benzene rings is 4. The minimum absolute atomic E-state index is 0.0994. The predicted octanol–water partition coefficient (Wildman–Crippen LogP) is 7.77. The van der Waals surface area contributed by atoms with E-state index in [-0.39, 0.29) is 16.4 Å². The van der Waals surface area contributed by atoms with Gasteiger partial charge < -0.3 is 9.05 Å². The van der Waals surface area contributed by atoms with Crippen LogP contribution in [0.5, 0.6) is 11.5 Å². The third-order valence-electron chi connectivity index (χ3n) is 6.08. The Kier molecular flexibility index (Phi) is 8.05. The molecule has 6 nitrogen and oxygen atoms in total. The smallest absolute Gasteiger partial charge is 0.415 e. The molecule has 0 aliphatic carbocycles. The van der Waals surface area contributed by atoms with Crippen LogP contribution in [-0.2, 0) is 19.9 Å². The van der Waals surface area contributed by atoms with Crippen LogP contribution in [0.4, 0.5) is 0 Å². The summed E-state index contributed by atoms with van der Waals surface area (Å²) in [6.07, 6.45) is 0. The van der Waals surface area contributed by atoms with Gasteiger partial charge >= 0.3 is 7.60 Å². The monoisotopic (exact) mass is 569 g/mol. The van der Waals surface area contributed by atoms with Gasteiger partial charge in [-0.15, -0.1) is 0 Å². The van der Waals surface area contributed by atoms with Gasteiger partial charge in [0.2, 0.25) is 10.0 Å². The molecule has 0 spiro atoms. The molecule has 4 rings (SSSR count). The molecule has 0 aliphatic heterocycles. The van der Waals surface area contributed by atoms with E-state index >= 15 is 4.57 Å². The fourth-order valence-corrected chi connectivity index (χ4v) is 8.77. The fraction of sp³-hybridized carbons (Fsp3) is 0.172. The Hall–Kier alpha value is -3.09. The average molecular weight is 570 g/mol. The lowest BCUT2D eigenvalue weighted by atomic mass is 10.1. The molecule has 0 fully saturated rings. The number of para-hydroxylation sites is 2. The van der Waals surface area contributed by atoms with E-state index in [0.717, 1.165) is 5.56 Å². The zero-order valence-electron chi connectivity index (χ0n) is 21.5. The molecule has 0 saturated carbocycles. The van der Waals surface area contributed by atoms with Crippen LogP contribution in [0.1, 0.15) is 29.2 Å². The van der Waals surface area contributed by atoms with Gasteiger partial charge in [0.1, 0.15) is 11.5 Å². The van der Waals surface area contributed by atoms with Crippen LogP contribution in [0.15, 0.2) is 102 Å². The maximum Gasteiger partial charge on any atom is 0.455 e. The first kappa shape index (κ1) is 27.9. The van der Waals surface area contributed by atoms with Crippen molar-refractivity contribution in [2.24, 2.45) is 0 Å². The molecule has 0 bridgehead atoms. The van der Waals surface area contributed by atoms with Crippen molar-refractivity contribution in [3.63, 3.8) is 0 Å². The van der Waals surface area contributed by atoms with Gasteiger partial charge in [0, 0.05) is 5.02 Å². The minimum atomic E-state index is -4.43. The predicted molar refractivity (Wildman–Crippen MR) is 152 cm³/mol. The Labute approximate surface area is 229 Å². The Bertz CT molecular complexity index is 1530. The summed E-state index contributed by atoms with van der Waals surface area (Å²) >= 11 is 6.33. The van der Waals surface area contributed by atoms with Gasteiger partial charge in [-0.1, -0.05) is 77.8 Å². The molecule has 0 aromatic heterocycles. The van der Waals surface area contributed by atoms with Crippen LogP contribution in [0.3, 0.4) is 0 Å². The Balaban J connectivity index is 1.95. The molecule has 0 aliphatic rings. The quantitative estimate of drug-likeness (QED) is 0.208. The summed E-state index contributed by atoms with van der Waals surface area (Å²) in [5.74, 6) is 0.504. The van der Waals surface area contributed by atoms with Crippen molar-refractivity contribution in [1.29, 1.82) is 0 Å². The van der Waals surface area contributed by atoms with E-state index in [1.807, 2.05) is 6.92 Å². The lowest BCUT2D eigenvalue weighted by Gasteiger charge is -2.37. The fourth-order valence-electron chi connectivity index (χ4n) is 4.41. The largest absolute Gasteiger partial charge is 0.455 e. The van der Waals surface area contributed by atoms with Crippen LogP contribution in [-0.4, -0.2) is 8.42 Å². The molecule has 0 radical (unpaired) electrons.